The van der Waals surface area contributed by atoms with Crippen molar-refractivity contribution in [3.8, 4) is 5.75 Å². The topological polar surface area (TPSA) is 131 Å². The minimum atomic E-state index is -1.70. The summed E-state index contributed by atoms with van der Waals surface area (Å²) in [6.45, 7) is 0. The van der Waals surface area contributed by atoms with E-state index in [2.05, 4.69) is 10.6 Å². The minimum Gasteiger partial charge on any atom is -0.495 e. The molecule has 3 aromatic rings. The van der Waals surface area contributed by atoms with Gasteiger partial charge in [0, 0.05) is 12.0 Å². The van der Waals surface area contributed by atoms with Crippen LogP contribution < -0.4 is 21.1 Å². The van der Waals surface area contributed by atoms with Crippen LogP contribution in [0.3, 0.4) is 0 Å². The maximum absolute atomic E-state index is 13.0. The summed E-state index contributed by atoms with van der Waals surface area (Å²) in [6, 6.07) is 19.7. The SMILES string of the molecule is COc1ccc(C[C@@H](NC(=O)[C@H](O)[C@@H](NC(=O)c2ccccc2)c2ccccc2)C(N)=O)cc1Cl. The zero-order valence-corrected chi connectivity index (χ0v) is 19.7. The second kappa shape index (κ2) is 12.0. The van der Waals surface area contributed by atoms with E-state index in [1.54, 1.807) is 78.9 Å². The lowest BCUT2D eigenvalue weighted by Crippen LogP contribution is -2.52. The van der Waals surface area contributed by atoms with E-state index in [0.29, 0.717) is 27.5 Å². The van der Waals surface area contributed by atoms with Crippen LogP contribution in [0.1, 0.15) is 27.5 Å². The zero-order valence-electron chi connectivity index (χ0n) is 19.0. The van der Waals surface area contributed by atoms with Crippen LogP contribution in [0, 0.1) is 0 Å². The third-order valence-electron chi connectivity index (χ3n) is 5.38. The van der Waals surface area contributed by atoms with Crippen LogP contribution in [-0.4, -0.2) is 42.1 Å². The molecule has 35 heavy (non-hydrogen) atoms. The number of amides is 3. The fraction of sp³-hybridized carbons (Fsp3) is 0.192. The number of hydrogen-bond acceptors (Lipinski definition) is 5. The Labute approximate surface area is 208 Å². The quantitative estimate of drug-likeness (QED) is 0.343. The van der Waals surface area contributed by atoms with Crippen molar-refractivity contribution < 1.29 is 24.2 Å². The van der Waals surface area contributed by atoms with Gasteiger partial charge in [-0.1, -0.05) is 66.2 Å². The molecular weight excluding hydrogens is 470 g/mol. The average molecular weight is 496 g/mol. The van der Waals surface area contributed by atoms with Crippen molar-refractivity contribution in [1.29, 1.82) is 0 Å². The summed E-state index contributed by atoms with van der Waals surface area (Å²) in [7, 11) is 1.48. The molecule has 0 saturated carbocycles. The first-order valence-electron chi connectivity index (χ1n) is 10.8. The second-order valence-corrected chi connectivity index (χ2v) is 8.22. The van der Waals surface area contributed by atoms with Gasteiger partial charge in [0.2, 0.25) is 5.91 Å². The lowest BCUT2D eigenvalue weighted by atomic mass is 9.99. The lowest BCUT2D eigenvalue weighted by molar-refractivity contribution is -0.134. The molecule has 9 heteroatoms. The molecule has 0 aliphatic rings. The number of rotatable bonds is 10. The highest BCUT2D eigenvalue weighted by Crippen LogP contribution is 2.25. The van der Waals surface area contributed by atoms with Gasteiger partial charge in [0.25, 0.3) is 11.8 Å². The number of nitrogens with two attached hydrogens (primary N) is 1. The maximum Gasteiger partial charge on any atom is 0.252 e. The lowest BCUT2D eigenvalue weighted by Gasteiger charge is -2.26. The number of aliphatic hydroxyl groups is 1. The first-order chi connectivity index (χ1) is 16.8. The standard InChI is InChI=1S/C26H26ClN3O5/c1-35-21-13-12-16(14-19(21)27)15-20(24(28)32)29-26(34)23(31)22(17-8-4-2-5-9-17)30-25(33)18-10-6-3-7-11-18/h2-14,20,22-23,31H,15H2,1H3,(H2,28,32)(H,29,34)(H,30,33)/t20-,22+,23-/m1/s1. The predicted molar refractivity (Wildman–Crippen MR) is 132 cm³/mol. The first-order valence-corrected chi connectivity index (χ1v) is 11.2. The van der Waals surface area contributed by atoms with Gasteiger partial charge in [-0.05, 0) is 35.4 Å². The number of primary amides is 1. The van der Waals surface area contributed by atoms with Crippen molar-refractivity contribution in [1.82, 2.24) is 10.6 Å². The highest BCUT2D eigenvalue weighted by molar-refractivity contribution is 6.32. The summed E-state index contributed by atoms with van der Waals surface area (Å²) < 4.78 is 5.12. The van der Waals surface area contributed by atoms with Crippen molar-refractivity contribution in [3.63, 3.8) is 0 Å². The van der Waals surface area contributed by atoms with Gasteiger partial charge in [-0.25, -0.2) is 0 Å². The third kappa shape index (κ3) is 6.81. The van der Waals surface area contributed by atoms with Gasteiger partial charge in [0.1, 0.15) is 11.8 Å². The number of aliphatic hydroxyl groups excluding tert-OH is 1. The van der Waals surface area contributed by atoms with E-state index in [0.717, 1.165) is 0 Å². The first kappa shape index (κ1) is 25.7. The number of methoxy groups -OCH3 is 1. The summed E-state index contributed by atoms with van der Waals surface area (Å²) in [6.07, 6.45) is -1.66. The largest absolute Gasteiger partial charge is 0.495 e. The fourth-order valence-corrected chi connectivity index (χ4v) is 3.80. The summed E-state index contributed by atoms with van der Waals surface area (Å²) in [5, 5.41) is 16.5. The van der Waals surface area contributed by atoms with E-state index in [-0.39, 0.29) is 6.42 Å². The molecule has 182 valence electrons. The number of nitrogens with one attached hydrogen (secondary N) is 2. The number of hydrogen-bond donors (Lipinski definition) is 4. The smallest absolute Gasteiger partial charge is 0.252 e. The monoisotopic (exact) mass is 495 g/mol. The number of carbonyl (C=O) groups is 3. The Morgan fingerprint density at radius 1 is 0.971 bits per heavy atom. The van der Waals surface area contributed by atoms with Crippen LogP contribution in [0.2, 0.25) is 5.02 Å². The zero-order chi connectivity index (χ0) is 25.4. The van der Waals surface area contributed by atoms with Crippen LogP contribution in [0.15, 0.2) is 78.9 Å². The molecule has 0 fully saturated rings. The normalized spacial score (nSPS) is 13.2. The summed E-state index contributed by atoms with van der Waals surface area (Å²) in [5.74, 6) is -1.66. The van der Waals surface area contributed by atoms with Gasteiger partial charge >= 0.3 is 0 Å². The molecule has 0 spiro atoms. The Kier molecular flexibility index (Phi) is 8.83. The number of benzene rings is 3. The molecule has 0 radical (unpaired) electrons. The molecule has 3 amide bonds. The van der Waals surface area contributed by atoms with Crippen LogP contribution >= 0.6 is 11.6 Å². The highest BCUT2D eigenvalue weighted by atomic mass is 35.5. The molecule has 3 atom stereocenters. The molecule has 5 N–H and O–H groups in total. The predicted octanol–water partition coefficient (Wildman–Crippen LogP) is 2.39. The molecule has 0 aromatic heterocycles. The highest BCUT2D eigenvalue weighted by Gasteiger charge is 2.31. The minimum absolute atomic E-state index is 0.0455. The van der Waals surface area contributed by atoms with Crippen molar-refractivity contribution in [2.24, 2.45) is 5.73 Å². The average Bonchev–Trinajstić information content (AvgIpc) is 2.87. The Bertz CT molecular complexity index is 1170. The van der Waals surface area contributed by atoms with Gasteiger partial charge < -0.3 is 26.2 Å². The number of ether oxygens (including phenoxy) is 1. The number of halogens is 1. The van der Waals surface area contributed by atoms with Gasteiger partial charge in [-0.3, -0.25) is 14.4 Å². The van der Waals surface area contributed by atoms with Crippen molar-refractivity contribution in [2.45, 2.75) is 24.6 Å². The van der Waals surface area contributed by atoms with E-state index in [1.807, 2.05) is 0 Å². The summed E-state index contributed by atoms with van der Waals surface area (Å²) >= 11 is 6.15. The Morgan fingerprint density at radius 3 is 2.17 bits per heavy atom. The molecular formula is C26H26ClN3O5. The van der Waals surface area contributed by atoms with Gasteiger partial charge in [-0.2, -0.15) is 0 Å². The van der Waals surface area contributed by atoms with Crippen LogP contribution in [0.25, 0.3) is 0 Å². The molecule has 0 heterocycles. The van der Waals surface area contributed by atoms with Gasteiger partial charge in [0.15, 0.2) is 6.10 Å². The Balaban J connectivity index is 1.78. The van der Waals surface area contributed by atoms with Crippen LogP contribution in [0.5, 0.6) is 5.75 Å². The van der Waals surface area contributed by atoms with Gasteiger partial charge in [0.05, 0.1) is 18.2 Å². The van der Waals surface area contributed by atoms with E-state index >= 15 is 0 Å². The van der Waals surface area contributed by atoms with Crippen molar-refractivity contribution in [2.75, 3.05) is 7.11 Å². The molecule has 8 nitrogen and oxygen atoms in total. The van der Waals surface area contributed by atoms with E-state index < -0.39 is 35.9 Å². The Morgan fingerprint density at radius 2 is 1.60 bits per heavy atom. The Hall–Kier alpha value is -3.88. The summed E-state index contributed by atoms with van der Waals surface area (Å²) in [5.41, 5.74) is 7.02. The van der Waals surface area contributed by atoms with Gasteiger partial charge in [-0.15, -0.1) is 0 Å². The molecule has 0 aliphatic heterocycles. The van der Waals surface area contributed by atoms with Crippen LogP contribution in [-0.2, 0) is 16.0 Å². The molecule has 3 aromatic carbocycles. The van der Waals surface area contributed by atoms with Crippen molar-refractivity contribution >= 4 is 29.3 Å². The third-order valence-corrected chi connectivity index (χ3v) is 5.68. The second-order valence-electron chi connectivity index (χ2n) is 7.81. The molecule has 0 saturated heterocycles. The number of carbonyl (C=O) groups excluding carboxylic acids is 3. The van der Waals surface area contributed by atoms with E-state index in [1.165, 1.54) is 7.11 Å². The van der Waals surface area contributed by atoms with Crippen LogP contribution in [0.4, 0.5) is 0 Å². The van der Waals surface area contributed by atoms with E-state index in [9.17, 15) is 19.5 Å². The van der Waals surface area contributed by atoms with Crippen molar-refractivity contribution in [3.05, 3.63) is 101 Å². The summed E-state index contributed by atoms with van der Waals surface area (Å²) in [4.78, 5) is 37.8. The molecule has 3 rings (SSSR count). The molecule has 0 bridgehead atoms. The molecule has 0 aliphatic carbocycles. The van der Waals surface area contributed by atoms with E-state index in [4.69, 9.17) is 22.1 Å². The molecule has 0 unspecified atom stereocenters. The fourth-order valence-electron chi connectivity index (χ4n) is 3.52. The maximum atomic E-state index is 13.0.